The van der Waals surface area contributed by atoms with E-state index in [4.69, 9.17) is 9.15 Å². The molecule has 0 spiro atoms. The van der Waals surface area contributed by atoms with Gasteiger partial charge in [0.05, 0.1) is 12.0 Å². The van der Waals surface area contributed by atoms with Crippen molar-refractivity contribution in [3.63, 3.8) is 0 Å². The van der Waals surface area contributed by atoms with Crippen molar-refractivity contribution >= 4 is 5.91 Å². The topological polar surface area (TPSA) is 69.3 Å². The van der Waals surface area contributed by atoms with Gasteiger partial charge in [0.25, 0.3) is 5.91 Å². The molecule has 2 heterocycles. The van der Waals surface area contributed by atoms with Crippen LogP contribution >= 0.6 is 0 Å². The fourth-order valence-electron chi connectivity index (χ4n) is 2.22. The molecule has 3 aromatic rings. The largest absolute Gasteiger partial charge is 0.467 e. The molecular formula is C18H18FN3O3. The van der Waals surface area contributed by atoms with E-state index in [1.165, 1.54) is 16.8 Å². The standard InChI is InChI=1S/C18H18FN3O3/c19-14-4-6-15(7-5-14)22-10-8-17(21-22)18(23)20-9-2-11-24-13-16-3-1-12-25-16/h1,3-8,10,12H,2,9,11,13H2,(H,20,23). The predicted molar refractivity (Wildman–Crippen MR) is 88.8 cm³/mol. The number of halogens is 1. The van der Waals surface area contributed by atoms with Crippen LogP contribution in [0.3, 0.4) is 0 Å². The van der Waals surface area contributed by atoms with Crippen LogP contribution in [0.1, 0.15) is 22.7 Å². The number of nitrogens with one attached hydrogen (secondary N) is 1. The highest BCUT2D eigenvalue weighted by atomic mass is 19.1. The molecule has 0 aliphatic carbocycles. The van der Waals surface area contributed by atoms with E-state index < -0.39 is 0 Å². The minimum atomic E-state index is -0.317. The maximum absolute atomic E-state index is 12.9. The van der Waals surface area contributed by atoms with E-state index >= 15 is 0 Å². The minimum Gasteiger partial charge on any atom is -0.467 e. The van der Waals surface area contributed by atoms with Crippen molar-refractivity contribution in [2.45, 2.75) is 13.0 Å². The number of amides is 1. The number of benzene rings is 1. The summed E-state index contributed by atoms with van der Waals surface area (Å²) in [5.41, 5.74) is 0.993. The van der Waals surface area contributed by atoms with Gasteiger partial charge in [0.15, 0.2) is 5.69 Å². The number of carbonyl (C=O) groups is 1. The van der Waals surface area contributed by atoms with Gasteiger partial charge in [-0.15, -0.1) is 0 Å². The molecule has 7 heteroatoms. The van der Waals surface area contributed by atoms with Gasteiger partial charge in [0, 0.05) is 19.3 Å². The number of hydrogen-bond acceptors (Lipinski definition) is 4. The Hall–Kier alpha value is -2.93. The lowest BCUT2D eigenvalue weighted by Crippen LogP contribution is -2.25. The molecule has 3 rings (SSSR count). The Labute approximate surface area is 144 Å². The van der Waals surface area contributed by atoms with Crippen LogP contribution in [0.2, 0.25) is 0 Å². The molecule has 1 aromatic carbocycles. The van der Waals surface area contributed by atoms with Gasteiger partial charge in [0.1, 0.15) is 18.2 Å². The summed E-state index contributed by atoms with van der Waals surface area (Å²) < 4.78 is 25.1. The van der Waals surface area contributed by atoms with Gasteiger partial charge in [-0.2, -0.15) is 5.10 Å². The highest BCUT2D eigenvalue weighted by Crippen LogP contribution is 2.09. The van der Waals surface area contributed by atoms with Gasteiger partial charge in [-0.05, 0) is 48.9 Å². The fourth-order valence-corrected chi connectivity index (χ4v) is 2.22. The second-order valence-electron chi connectivity index (χ2n) is 5.36. The van der Waals surface area contributed by atoms with Crippen molar-refractivity contribution in [2.24, 2.45) is 0 Å². The monoisotopic (exact) mass is 343 g/mol. The second-order valence-corrected chi connectivity index (χ2v) is 5.36. The zero-order chi connectivity index (χ0) is 17.5. The van der Waals surface area contributed by atoms with E-state index in [0.717, 1.165) is 5.76 Å². The SMILES string of the molecule is O=C(NCCCOCc1ccco1)c1ccn(-c2ccc(F)cc2)n1. The summed E-state index contributed by atoms with van der Waals surface area (Å²) in [5.74, 6) is 0.199. The molecular weight excluding hydrogens is 325 g/mol. The number of carbonyl (C=O) groups excluding carboxylic acids is 1. The molecule has 2 aromatic heterocycles. The lowest BCUT2D eigenvalue weighted by Gasteiger charge is -2.04. The lowest BCUT2D eigenvalue weighted by atomic mass is 10.3. The summed E-state index contributed by atoms with van der Waals surface area (Å²) in [7, 11) is 0. The Morgan fingerprint density at radius 2 is 2.08 bits per heavy atom. The molecule has 1 amide bonds. The molecule has 0 aliphatic rings. The highest BCUT2D eigenvalue weighted by molar-refractivity contribution is 5.92. The summed E-state index contributed by atoms with van der Waals surface area (Å²) in [6, 6.07) is 11.2. The minimum absolute atomic E-state index is 0.258. The average Bonchev–Trinajstić information content (AvgIpc) is 3.30. The summed E-state index contributed by atoms with van der Waals surface area (Å²) in [4.78, 5) is 12.1. The molecule has 0 atom stereocenters. The van der Waals surface area contributed by atoms with Gasteiger partial charge in [-0.3, -0.25) is 4.79 Å². The van der Waals surface area contributed by atoms with E-state index in [1.54, 1.807) is 30.7 Å². The fraction of sp³-hybridized carbons (Fsp3) is 0.222. The molecule has 0 aliphatic heterocycles. The number of hydrogen-bond donors (Lipinski definition) is 1. The quantitative estimate of drug-likeness (QED) is 0.639. The first-order valence-electron chi connectivity index (χ1n) is 7.92. The Balaban J connectivity index is 1.40. The average molecular weight is 343 g/mol. The molecule has 130 valence electrons. The van der Waals surface area contributed by atoms with E-state index in [-0.39, 0.29) is 11.7 Å². The third-order valence-corrected chi connectivity index (χ3v) is 3.49. The van der Waals surface area contributed by atoms with E-state index in [2.05, 4.69) is 10.4 Å². The maximum Gasteiger partial charge on any atom is 0.271 e. The number of rotatable bonds is 8. The highest BCUT2D eigenvalue weighted by Gasteiger charge is 2.09. The van der Waals surface area contributed by atoms with Crippen LogP contribution in [-0.4, -0.2) is 28.8 Å². The van der Waals surface area contributed by atoms with Gasteiger partial charge in [0.2, 0.25) is 0 Å². The normalized spacial score (nSPS) is 10.8. The number of ether oxygens (including phenoxy) is 1. The maximum atomic E-state index is 12.9. The Bertz CT molecular complexity index is 797. The summed E-state index contributed by atoms with van der Waals surface area (Å²) in [6.45, 7) is 1.43. The van der Waals surface area contributed by atoms with Crippen LogP contribution in [0.15, 0.2) is 59.3 Å². The second kappa shape index (κ2) is 8.25. The van der Waals surface area contributed by atoms with Crippen LogP contribution in [0.4, 0.5) is 4.39 Å². The van der Waals surface area contributed by atoms with Crippen LogP contribution < -0.4 is 5.32 Å². The summed E-state index contributed by atoms with van der Waals surface area (Å²) in [6.07, 6.45) is 3.95. The van der Waals surface area contributed by atoms with Gasteiger partial charge in [-0.25, -0.2) is 9.07 Å². The summed E-state index contributed by atoms with van der Waals surface area (Å²) >= 11 is 0. The number of nitrogens with zero attached hydrogens (tertiary/aromatic N) is 2. The van der Waals surface area contributed by atoms with Crippen molar-refractivity contribution in [2.75, 3.05) is 13.2 Å². The smallest absolute Gasteiger partial charge is 0.271 e. The first-order valence-corrected chi connectivity index (χ1v) is 7.92. The van der Waals surface area contributed by atoms with E-state index in [9.17, 15) is 9.18 Å². The zero-order valence-corrected chi connectivity index (χ0v) is 13.5. The van der Waals surface area contributed by atoms with Gasteiger partial charge >= 0.3 is 0 Å². The van der Waals surface area contributed by atoms with Crippen molar-refractivity contribution < 1.29 is 18.3 Å². The van der Waals surface area contributed by atoms with Crippen LogP contribution in [-0.2, 0) is 11.3 Å². The van der Waals surface area contributed by atoms with Crippen molar-refractivity contribution in [1.82, 2.24) is 15.1 Å². The van der Waals surface area contributed by atoms with Gasteiger partial charge in [-0.1, -0.05) is 0 Å². The van der Waals surface area contributed by atoms with Gasteiger partial charge < -0.3 is 14.5 Å². The van der Waals surface area contributed by atoms with Crippen molar-refractivity contribution in [1.29, 1.82) is 0 Å². The number of furan rings is 1. The molecule has 0 radical (unpaired) electrons. The molecule has 0 fully saturated rings. The third-order valence-electron chi connectivity index (χ3n) is 3.49. The number of aromatic nitrogens is 2. The molecule has 1 N–H and O–H groups in total. The van der Waals surface area contributed by atoms with Crippen LogP contribution in [0.25, 0.3) is 5.69 Å². The Morgan fingerprint density at radius 1 is 1.24 bits per heavy atom. The van der Waals surface area contributed by atoms with Crippen molar-refractivity contribution in [3.05, 3.63) is 72.2 Å². The molecule has 0 unspecified atom stereocenters. The predicted octanol–water partition coefficient (Wildman–Crippen LogP) is 2.94. The molecule has 0 saturated heterocycles. The zero-order valence-electron chi connectivity index (χ0n) is 13.5. The molecule has 0 bridgehead atoms. The molecule has 25 heavy (non-hydrogen) atoms. The first kappa shape index (κ1) is 16.9. The third kappa shape index (κ3) is 4.77. The lowest BCUT2D eigenvalue weighted by molar-refractivity contribution is 0.0912. The van der Waals surface area contributed by atoms with E-state index in [1.807, 2.05) is 12.1 Å². The van der Waals surface area contributed by atoms with Crippen LogP contribution in [0, 0.1) is 5.82 Å². The van der Waals surface area contributed by atoms with Crippen LogP contribution in [0.5, 0.6) is 0 Å². The summed E-state index contributed by atoms with van der Waals surface area (Å²) in [5, 5.41) is 6.99. The first-order chi connectivity index (χ1) is 12.2. The van der Waals surface area contributed by atoms with Crippen molar-refractivity contribution in [3.8, 4) is 5.69 Å². The van der Waals surface area contributed by atoms with E-state index in [0.29, 0.717) is 37.6 Å². The Morgan fingerprint density at radius 3 is 2.84 bits per heavy atom. The molecule has 0 saturated carbocycles. The molecule has 6 nitrogen and oxygen atoms in total. The Kier molecular flexibility index (Phi) is 5.58.